The fourth-order valence-electron chi connectivity index (χ4n) is 3.30. The van der Waals surface area contributed by atoms with Crippen molar-refractivity contribution in [3.05, 3.63) is 53.6 Å². The molecule has 0 saturated carbocycles. The first-order chi connectivity index (χ1) is 13.0. The molecule has 0 radical (unpaired) electrons. The van der Waals surface area contributed by atoms with E-state index in [1.165, 1.54) is 0 Å². The van der Waals surface area contributed by atoms with E-state index >= 15 is 0 Å². The Labute approximate surface area is 162 Å². The van der Waals surface area contributed by atoms with Crippen LogP contribution < -0.4 is 4.74 Å². The van der Waals surface area contributed by atoms with E-state index in [4.69, 9.17) is 19.3 Å². The summed E-state index contributed by atoms with van der Waals surface area (Å²) in [6, 6.07) is 7.69. The van der Waals surface area contributed by atoms with Crippen LogP contribution in [0.4, 0.5) is 0 Å². The Morgan fingerprint density at radius 3 is 2.74 bits per heavy atom. The Morgan fingerprint density at radius 1 is 1.33 bits per heavy atom. The van der Waals surface area contributed by atoms with Gasteiger partial charge in [0.25, 0.3) is 0 Å². The van der Waals surface area contributed by atoms with Crippen molar-refractivity contribution in [2.45, 2.75) is 57.5 Å². The number of hydrogen-bond donors (Lipinski definition) is 2. The zero-order chi connectivity index (χ0) is 19.6. The molecule has 1 heterocycles. The molecule has 2 rings (SSSR count). The van der Waals surface area contributed by atoms with Crippen LogP contribution in [-0.4, -0.2) is 48.8 Å². The van der Waals surface area contributed by atoms with Gasteiger partial charge in [0, 0.05) is 6.61 Å². The highest BCUT2D eigenvalue weighted by molar-refractivity contribution is 5.26. The van der Waals surface area contributed by atoms with Gasteiger partial charge in [-0.3, -0.25) is 0 Å². The zero-order valence-electron chi connectivity index (χ0n) is 16.4. The molecular formula is C22H32O5. The van der Waals surface area contributed by atoms with Crippen LogP contribution in [0.1, 0.15) is 38.2 Å². The predicted octanol–water partition coefficient (Wildman–Crippen LogP) is 3.40. The molecule has 5 heteroatoms. The maximum Gasteiger partial charge on any atom is 0.118 e. The van der Waals surface area contributed by atoms with Gasteiger partial charge in [-0.2, -0.15) is 0 Å². The van der Waals surface area contributed by atoms with Gasteiger partial charge in [-0.15, -0.1) is 0 Å². The van der Waals surface area contributed by atoms with Gasteiger partial charge in [0.1, 0.15) is 5.75 Å². The lowest BCUT2D eigenvalue weighted by atomic mass is 9.96. The molecule has 1 fully saturated rings. The molecule has 0 bridgehead atoms. The highest BCUT2D eigenvalue weighted by atomic mass is 16.5. The fraction of sp³-hybridized carbons (Fsp3) is 0.545. The van der Waals surface area contributed by atoms with E-state index in [0.717, 1.165) is 35.3 Å². The van der Waals surface area contributed by atoms with Gasteiger partial charge in [-0.25, -0.2) is 0 Å². The standard InChI is InChI=1S/C22H32O5/c1-16(12-22-13-17(2)11-21(27-22)8-9-23)10-19(24)15-26-14-18-4-6-20(25-3)7-5-18/h4-7,12,19,21-24H,2,8-11,13-15H2,1,3H3/b16-12+/t19-,21-,22+/m0/s1. The minimum Gasteiger partial charge on any atom is -0.497 e. The summed E-state index contributed by atoms with van der Waals surface area (Å²) in [6.45, 7) is 6.93. The highest BCUT2D eigenvalue weighted by Gasteiger charge is 2.23. The van der Waals surface area contributed by atoms with Crippen molar-refractivity contribution in [2.75, 3.05) is 20.3 Å². The Kier molecular flexibility index (Phi) is 9.01. The van der Waals surface area contributed by atoms with Crippen molar-refractivity contribution in [1.82, 2.24) is 0 Å². The molecule has 0 spiro atoms. The van der Waals surface area contributed by atoms with Crippen LogP contribution in [0.5, 0.6) is 5.75 Å². The second-order valence-corrected chi connectivity index (χ2v) is 7.20. The minimum absolute atomic E-state index is 0.0306. The topological polar surface area (TPSA) is 68.2 Å². The first-order valence-corrected chi connectivity index (χ1v) is 9.49. The van der Waals surface area contributed by atoms with Crippen molar-refractivity contribution < 1.29 is 24.4 Å². The predicted molar refractivity (Wildman–Crippen MR) is 106 cm³/mol. The van der Waals surface area contributed by atoms with Crippen LogP contribution >= 0.6 is 0 Å². The van der Waals surface area contributed by atoms with Crippen LogP contribution in [0, 0.1) is 0 Å². The number of benzene rings is 1. The Hall–Kier alpha value is -1.66. The van der Waals surface area contributed by atoms with Gasteiger partial charge >= 0.3 is 0 Å². The third kappa shape index (κ3) is 7.85. The summed E-state index contributed by atoms with van der Waals surface area (Å²) in [7, 11) is 1.64. The highest BCUT2D eigenvalue weighted by Crippen LogP contribution is 2.26. The average molecular weight is 376 g/mol. The number of rotatable bonds is 10. The van der Waals surface area contributed by atoms with Gasteiger partial charge in [0.15, 0.2) is 0 Å². The summed E-state index contributed by atoms with van der Waals surface area (Å²) in [4.78, 5) is 0. The first kappa shape index (κ1) is 21.6. The van der Waals surface area contributed by atoms with Crippen LogP contribution in [-0.2, 0) is 16.1 Å². The average Bonchev–Trinajstić information content (AvgIpc) is 2.62. The van der Waals surface area contributed by atoms with E-state index in [0.29, 0.717) is 19.4 Å². The first-order valence-electron chi connectivity index (χ1n) is 9.49. The molecule has 1 aromatic rings. The minimum atomic E-state index is -0.556. The molecule has 2 N–H and O–H groups in total. The number of ether oxygens (including phenoxy) is 3. The van der Waals surface area contributed by atoms with Crippen LogP contribution in [0.2, 0.25) is 0 Å². The summed E-state index contributed by atoms with van der Waals surface area (Å²) in [5, 5.41) is 19.3. The Bertz CT molecular complexity index is 608. The third-order valence-electron chi connectivity index (χ3n) is 4.59. The molecule has 1 saturated heterocycles. The zero-order valence-corrected chi connectivity index (χ0v) is 16.4. The summed E-state index contributed by atoms with van der Waals surface area (Å²) < 4.78 is 16.7. The molecule has 0 aliphatic carbocycles. The molecule has 0 amide bonds. The van der Waals surface area contributed by atoms with Gasteiger partial charge in [0.2, 0.25) is 0 Å². The Morgan fingerprint density at radius 2 is 2.07 bits per heavy atom. The van der Waals surface area contributed by atoms with Gasteiger partial charge in [0.05, 0.1) is 38.6 Å². The molecule has 3 atom stereocenters. The monoisotopic (exact) mass is 376 g/mol. The molecule has 1 aliphatic heterocycles. The van der Waals surface area contributed by atoms with Gasteiger partial charge in [-0.1, -0.05) is 35.9 Å². The van der Waals surface area contributed by atoms with Crippen molar-refractivity contribution >= 4 is 0 Å². The van der Waals surface area contributed by atoms with E-state index in [1.54, 1.807) is 7.11 Å². The van der Waals surface area contributed by atoms with Crippen LogP contribution in [0.25, 0.3) is 0 Å². The number of hydrogen-bond acceptors (Lipinski definition) is 5. The summed E-state index contributed by atoms with van der Waals surface area (Å²) >= 11 is 0. The molecule has 1 aliphatic rings. The summed E-state index contributed by atoms with van der Waals surface area (Å²) in [6.07, 6.45) is 4.28. The second-order valence-electron chi connectivity index (χ2n) is 7.20. The van der Waals surface area contributed by atoms with Crippen molar-refractivity contribution in [2.24, 2.45) is 0 Å². The van der Waals surface area contributed by atoms with Crippen LogP contribution in [0.15, 0.2) is 48.1 Å². The quantitative estimate of drug-likeness (QED) is 0.613. The van der Waals surface area contributed by atoms with Gasteiger partial charge in [-0.05, 0) is 50.3 Å². The van der Waals surface area contributed by atoms with Crippen molar-refractivity contribution in [3.63, 3.8) is 0 Å². The molecule has 1 aromatic carbocycles. The molecule has 27 heavy (non-hydrogen) atoms. The lowest BCUT2D eigenvalue weighted by Gasteiger charge is -2.30. The normalized spacial score (nSPS) is 21.9. The third-order valence-corrected chi connectivity index (χ3v) is 4.59. The van der Waals surface area contributed by atoms with E-state index in [9.17, 15) is 5.11 Å². The molecular weight excluding hydrogens is 344 g/mol. The number of aliphatic hydroxyl groups is 2. The van der Waals surface area contributed by atoms with E-state index in [-0.39, 0.29) is 25.4 Å². The molecule has 150 valence electrons. The summed E-state index contributed by atoms with van der Waals surface area (Å²) in [5.74, 6) is 0.813. The second kappa shape index (κ2) is 11.2. The SMILES string of the molecule is C=C1C[C@H](CCO)O[C@H](/C=C(\C)C[C@H](O)COCc2ccc(OC)cc2)C1. The molecule has 0 unspecified atom stereocenters. The largest absolute Gasteiger partial charge is 0.497 e. The lowest BCUT2D eigenvalue weighted by molar-refractivity contribution is -0.0181. The number of methoxy groups -OCH3 is 1. The summed E-state index contributed by atoms with van der Waals surface area (Å²) in [5.41, 5.74) is 3.26. The van der Waals surface area contributed by atoms with Gasteiger partial charge < -0.3 is 24.4 Å². The van der Waals surface area contributed by atoms with Crippen LogP contribution in [0.3, 0.4) is 0 Å². The smallest absolute Gasteiger partial charge is 0.118 e. The maximum absolute atomic E-state index is 10.2. The van der Waals surface area contributed by atoms with E-state index < -0.39 is 6.10 Å². The van der Waals surface area contributed by atoms with Crippen molar-refractivity contribution in [3.8, 4) is 5.75 Å². The molecule has 5 nitrogen and oxygen atoms in total. The number of aliphatic hydroxyl groups excluding tert-OH is 2. The lowest BCUT2D eigenvalue weighted by Crippen LogP contribution is -2.28. The fourth-order valence-corrected chi connectivity index (χ4v) is 3.30. The van der Waals surface area contributed by atoms with E-state index in [2.05, 4.69) is 12.7 Å². The maximum atomic E-state index is 10.2. The van der Waals surface area contributed by atoms with E-state index in [1.807, 2.05) is 31.2 Å². The Balaban J connectivity index is 1.74. The van der Waals surface area contributed by atoms with Crippen molar-refractivity contribution in [1.29, 1.82) is 0 Å². The molecule has 0 aromatic heterocycles.